The molecule has 6 rings (SSSR count). The average Bonchev–Trinajstić information content (AvgIpc) is 2.55. The lowest BCUT2D eigenvalue weighted by atomic mass is 9.33. The average molecular weight is 362 g/mol. The van der Waals surface area contributed by atoms with E-state index in [0.717, 1.165) is 24.8 Å². The van der Waals surface area contributed by atoms with Crippen LogP contribution < -0.4 is 0 Å². The molecule has 1 heterocycles. The lowest BCUT2D eigenvalue weighted by Gasteiger charge is -2.69. The smallest absolute Gasteiger partial charge is 0.299 e. The van der Waals surface area contributed by atoms with E-state index in [0.29, 0.717) is 25.0 Å². The molecule has 6 atom stereocenters. The van der Waals surface area contributed by atoms with Crippen LogP contribution in [0.5, 0.6) is 0 Å². The van der Waals surface area contributed by atoms with Crippen LogP contribution in [0.25, 0.3) is 0 Å². The van der Waals surface area contributed by atoms with Crippen LogP contribution >= 0.6 is 0 Å². The summed E-state index contributed by atoms with van der Waals surface area (Å²) in [5, 5.41) is 0. The molecular weight excluding hydrogens is 340 g/mol. The number of fused-ring (bicyclic) bond motifs is 2. The highest BCUT2D eigenvalue weighted by atomic mass is 32.2. The fraction of sp³-hybridized carbons (Fsp3) is 0.684. The lowest BCUT2D eigenvalue weighted by Crippen LogP contribution is -2.71. The Labute approximate surface area is 149 Å². The highest BCUT2D eigenvalue weighted by Gasteiger charge is 2.75. The van der Waals surface area contributed by atoms with Crippen LogP contribution in [0.4, 0.5) is 0 Å². The minimum Gasteiger partial charge on any atom is -0.299 e. The van der Waals surface area contributed by atoms with Gasteiger partial charge in [-0.2, -0.15) is 4.21 Å². The molecule has 1 spiro atoms. The fourth-order valence-corrected chi connectivity index (χ4v) is 7.46. The van der Waals surface area contributed by atoms with Crippen molar-refractivity contribution in [1.29, 1.82) is 0 Å². The molecule has 4 fully saturated rings. The van der Waals surface area contributed by atoms with Gasteiger partial charge in [-0.1, -0.05) is 31.6 Å². The number of carbonyl (C=O) groups is 2. The first kappa shape index (κ1) is 16.1. The maximum Gasteiger partial charge on any atom is 0.304 e. The largest absolute Gasteiger partial charge is 0.304 e. The van der Waals surface area contributed by atoms with Crippen LogP contribution in [-0.2, 0) is 29.3 Å². The summed E-state index contributed by atoms with van der Waals surface area (Å²) in [6.07, 6.45) is 5.68. The molecule has 0 amide bonds. The van der Waals surface area contributed by atoms with Crippen LogP contribution in [0.3, 0.4) is 0 Å². The summed E-state index contributed by atoms with van der Waals surface area (Å²) in [6.45, 7) is 6.62. The Hall–Kier alpha value is -1.11. The number of rotatable bonds is 0. The van der Waals surface area contributed by atoms with Gasteiger partial charge in [0.25, 0.3) is 0 Å². The van der Waals surface area contributed by atoms with E-state index in [1.54, 1.807) is 0 Å². The van der Waals surface area contributed by atoms with Crippen molar-refractivity contribution in [2.45, 2.75) is 39.0 Å². The molecule has 3 saturated carbocycles. The Morgan fingerprint density at radius 2 is 2.00 bits per heavy atom. The first-order chi connectivity index (χ1) is 11.8. The molecule has 5 aliphatic carbocycles. The number of ketones is 2. The minimum atomic E-state index is -1.77. The van der Waals surface area contributed by atoms with Gasteiger partial charge in [-0.3, -0.25) is 18.0 Å². The maximum absolute atomic E-state index is 13.2. The number of allylic oxidation sites excluding steroid dienone is 3. The molecule has 1 aliphatic heterocycles. The number of Topliss-reactive ketones (excluding diaryl/α,β-unsaturated/α-hetero) is 2. The van der Waals surface area contributed by atoms with Gasteiger partial charge in [0.2, 0.25) is 0 Å². The molecule has 0 aromatic rings. The molecule has 6 heteroatoms. The second-order valence-corrected chi connectivity index (χ2v) is 9.68. The van der Waals surface area contributed by atoms with Gasteiger partial charge < -0.3 is 0 Å². The summed E-state index contributed by atoms with van der Waals surface area (Å²) in [5.41, 5.74) is 0.168. The van der Waals surface area contributed by atoms with E-state index in [1.165, 1.54) is 0 Å². The predicted octanol–water partition coefficient (Wildman–Crippen LogP) is 2.45. The van der Waals surface area contributed by atoms with Gasteiger partial charge in [0.1, 0.15) is 11.2 Å². The first-order valence-corrected chi connectivity index (χ1v) is 9.99. The zero-order chi connectivity index (χ0) is 17.6. The van der Waals surface area contributed by atoms with Crippen LogP contribution in [0.15, 0.2) is 23.8 Å². The summed E-state index contributed by atoms with van der Waals surface area (Å²) in [7, 11) is 0. The molecule has 1 saturated heterocycles. The van der Waals surface area contributed by atoms with Gasteiger partial charge in [0, 0.05) is 23.3 Å². The zero-order valence-corrected chi connectivity index (χ0v) is 15.2. The molecule has 134 valence electrons. The van der Waals surface area contributed by atoms with Crippen molar-refractivity contribution in [3.05, 3.63) is 23.8 Å². The first-order valence-electron chi connectivity index (χ1n) is 8.99. The van der Waals surface area contributed by atoms with Crippen molar-refractivity contribution in [3.8, 4) is 0 Å². The van der Waals surface area contributed by atoms with E-state index in [4.69, 9.17) is 8.37 Å². The Bertz CT molecular complexity index is 785. The summed E-state index contributed by atoms with van der Waals surface area (Å²) in [5.74, 6) is -0.0495. The van der Waals surface area contributed by atoms with E-state index in [9.17, 15) is 13.8 Å². The highest BCUT2D eigenvalue weighted by molar-refractivity contribution is 7.75. The second-order valence-electron chi connectivity index (χ2n) is 8.80. The number of carbonyl (C=O) groups excluding carboxylic acids is 2. The molecular formula is C19H22O5S. The third kappa shape index (κ3) is 1.73. The monoisotopic (exact) mass is 362 g/mol. The highest BCUT2D eigenvalue weighted by Crippen LogP contribution is 2.73. The van der Waals surface area contributed by atoms with Crippen molar-refractivity contribution in [2.75, 3.05) is 13.2 Å². The molecule has 0 N–H and O–H groups in total. The number of hydrogen-bond acceptors (Lipinski definition) is 5. The molecule has 0 aromatic heterocycles. The molecule has 4 bridgehead atoms. The Kier molecular flexibility index (Phi) is 3.08. The molecule has 5 nitrogen and oxygen atoms in total. The van der Waals surface area contributed by atoms with Crippen LogP contribution in [-0.4, -0.2) is 29.0 Å². The summed E-state index contributed by atoms with van der Waals surface area (Å²) >= 11 is -1.77. The molecule has 0 radical (unpaired) electrons. The van der Waals surface area contributed by atoms with E-state index in [-0.39, 0.29) is 40.8 Å². The van der Waals surface area contributed by atoms with Crippen LogP contribution in [0, 0.1) is 28.1 Å². The minimum absolute atomic E-state index is 0.0657. The van der Waals surface area contributed by atoms with E-state index in [2.05, 4.69) is 13.5 Å². The summed E-state index contributed by atoms with van der Waals surface area (Å²) < 4.78 is 23.0. The summed E-state index contributed by atoms with van der Waals surface area (Å²) in [6, 6.07) is 0. The van der Waals surface area contributed by atoms with E-state index >= 15 is 0 Å². The van der Waals surface area contributed by atoms with Crippen LogP contribution in [0.1, 0.15) is 39.0 Å². The van der Waals surface area contributed by atoms with Crippen molar-refractivity contribution < 1.29 is 22.2 Å². The van der Waals surface area contributed by atoms with Crippen molar-refractivity contribution in [3.63, 3.8) is 0 Å². The van der Waals surface area contributed by atoms with Gasteiger partial charge in [-0.15, -0.1) is 0 Å². The third-order valence-electron chi connectivity index (χ3n) is 7.70. The number of hydrogen-bond donors (Lipinski definition) is 0. The van der Waals surface area contributed by atoms with Gasteiger partial charge in [0.15, 0.2) is 5.78 Å². The fourth-order valence-electron chi connectivity index (χ4n) is 6.71. The van der Waals surface area contributed by atoms with E-state index in [1.807, 2.05) is 6.08 Å². The molecule has 0 aromatic carbocycles. The van der Waals surface area contributed by atoms with Gasteiger partial charge in [-0.25, -0.2) is 0 Å². The normalized spacial score (nSPS) is 51.5. The maximum atomic E-state index is 13.2. The Morgan fingerprint density at radius 3 is 2.80 bits per heavy atom. The molecule has 2 unspecified atom stereocenters. The standard InChI is InChI=1S/C19H22O5S/c1-11-6-12-8-19(16(11)21)14(20)7-13-17(2)4-3-5-18(13,15(12)19)10-24-25(22)23-9-17/h6,13,15H,1,3-5,7-10H2,2H3/t13?,15-,17+,18+,19+,25?/m1/s1. The summed E-state index contributed by atoms with van der Waals surface area (Å²) in [4.78, 5) is 26.2. The van der Waals surface area contributed by atoms with Crippen molar-refractivity contribution in [1.82, 2.24) is 0 Å². The Balaban J connectivity index is 1.71. The van der Waals surface area contributed by atoms with Gasteiger partial charge >= 0.3 is 11.4 Å². The SMILES string of the molecule is C=C1C=C2C[C@@]3(C(=O)CC4[C@@]5(C)CCC[C@@]4(COS(=O)OC5)[C@@H]23)C1=O. The Morgan fingerprint density at radius 1 is 1.24 bits per heavy atom. The van der Waals surface area contributed by atoms with Crippen LogP contribution in [0.2, 0.25) is 0 Å². The topological polar surface area (TPSA) is 69.7 Å². The van der Waals surface area contributed by atoms with Gasteiger partial charge in [-0.05, 0) is 30.6 Å². The zero-order valence-electron chi connectivity index (χ0n) is 14.3. The predicted molar refractivity (Wildman–Crippen MR) is 90.3 cm³/mol. The third-order valence-corrected chi connectivity index (χ3v) is 8.32. The second kappa shape index (κ2) is 4.78. The molecule has 6 aliphatic rings. The van der Waals surface area contributed by atoms with Crippen molar-refractivity contribution in [2.24, 2.45) is 28.1 Å². The molecule has 25 heavy (non-hydrogen) atoms. The van der Waals surface area contributed by atoms with Crippen molar-refractivity contribution >= 4 is 22.9 Å². The quantitative estimate of drug-likeness (QED) is 0.489. The lowest BCUT2D eigenvalue weighted by molar-refractivity contribution is -0.195. The van der Waals surface area contributed by atoms with Gasteiger partial charge in [0.05, 0.1) is 13.2 Å². The van der Waals surface area contributed by atoms with E-state index < -0.39 is 16.8 Å².